The largest absolute Gasteiger partial charge is 0.357 e. The Labute approximate surface area is 138 Å². The number of guanidine groups is 1. The number of benzene rings is 1. The van der Waals surface area contributed by atoms with Gasteiger partial charge in [0.25, 0.3) is 0 Å². The van der Waals surface area contributed by atoms with Crippen molar-refractivity contribution in [1.82, 2.24) is 10.6 Å². The first-order valence-corrected chi connectivity index (χ1v) is 6.82. The highest BCUT2D eigenvalue weighted by atomic mass is 127. The molecule has 0 atom stereocenters. The van der Waals surface area contributed by atoms with E-state index in [4.69, 9.17) is 6.42 Å². The van der Waals surface area contributed by atoms with Crippen molar-refractivity contribution in [3.8, 4) is 12.3 Å². The maximum atomic E-state index is 5.26. The molecule has 0 radical (unpaired) electrons. The number of aliphatic imine (C=N–C) groups is 1. The third-order valence-corrected chi connectivity index (χ3v) is 3.48. The topological polar surface area (TPSA) is 36.4 Å². The van der Waals surface area contributed by atoms with Gasteiger partial charge in [-0.3, -0.25) is 4.99 Å². The molecule has 1 aliphatic carbocycles. The lowest BCUT2D eigenvalue weighted by atomic mass is 9.96. The molecule has 2 rings (SSSR count). The molecule has 0 spiro atoms. The van der Waals surface area contributed by atoms with Crippen LogP contribution in [0.1, 0.15) is 25.3 Å². The molecule has 1 aliphatic rings. The molecule has 0 aromatic heterocycles. The van der Waals surface area contributed by atoms with Gasteiger partial charge in [-0.05, 0) is 25.3 Å². The van der Waals surface area contributed by atoms with E-state index in [-0.39, 0.29) is 29.4 Å². The van der Waals surface area contributed by atoms with Crippen molar-refractivity contribution in [2.75, 3.05) is 19.6 Å². The zero-order chi connectivity index (χ0) is 13.6. The summed E-state index contributed by atoms with van der Waals surface area (Å²) in [6.45, 7) is 4.22. The molecule has 0 saturated heterocycles. The third-order valence-electron chi connectivity index (χ3n) is 3.48. The minimum atomic E-state index is 0. The normalized spacial score (nSPS) is 15.7. The van der Waals surface area contributed by atoms with E-state index in [2.05, 4.69) is 58.8 Å². The molecule has 1 saturated carbocycles. The average Bonchev–Trinajstić information content (AvgIpc) is 3.24. The number of nitrogens with zero attached hydrogens (tertiary/aromatic N) is 1. The summed E-state index contributed by atoms with van der Waals surface area (Å²) in [5.74, 6) is 3.38. The Morgan fingerprint density at radius 2 is 2.00 bits per heavy atom. The first kappa shape index (κ1) is 16.8. The van der Waals surface area contributed by atoms with Crippen LogP contribution in [0.2, 0.25) is 0 Å². The predicted molar refractivity (Wildman–Crippen MR) is 95.6 cm³/mol. The van der Waals surface area contributed by atoms with E-state index < -0.39 is 0 Å². The van der Waals surface area contributed by atoms with Crippen LogP contribution in [-0.4, -0.2) is 25.6 Å². The quantitative estimate of drug-likeness (QED) is 0.355. The molecule has 3 nitrogen and oxygen atoms in total. The van der Waals surface area contributed by atoms with Gasteiger partial charge in [-0.15, -0.1) is 30.4 Å². The second kappa shape index (κ2) is 8.15. The predicted octanol–water partition coefficient (Wildman–Crippen LogP) is 2.52. The van der Waals surface area contributed by atoms with E-state index in [0.717, 1.165) is 19.0 Å². The Balaban J connectivity index is 0.00000200. The van der Waals surface area contributed by atoms with Gasteiger partial charge in [-0.1, -0.05) is 36.3 Å². The summed E-state index contributed by atoms with van der Waals surface area (Å²) in [6.07, 6.45) is 7.70. The minimum Gasteiger partial charge on any atom is -0.357 e. The van der Waals surface area contributed by atoms with Crippen molar-refractivity contribution >= 4 is 29.9 Å². The fourth-order valence-electron chi connectivity index (χ4n) is 2.19. The Hall–Kier alpha value is -1.22. The van der Waals surface area contributed by atoms with Gasteiger partial charge in [0, 0.05) is 12.0 Å². The van der Waals surface area contributed by atoms with Gasteiger partial charge >= 0.3 is 0 Å². The smallest absolute Gasteiger partial charge is 0.192 e. The molecule has 2 N–H and O–H groups in total. The van der Waals surface area contributed by atoms with E-state index in [1.54, 1.807) is 0 Å². The van der Waals surface area contributed by atoms with E-state index in [1.807, 2.05) is 0 Å². The average molecular weight is 383 g/mol. The summed E-state index contributed by atoms with van der Waals surface area (Å²) in [7, 11) is 0. The second-order valence-corrected chi connectivity index (χ2v) is 4.90. The van der Waals surface area contributed by atoms with Crippen molar-refractivity contribution in [3.05, 3.63) is 35.9 Å². The summed E-state index contributed by atoms with van der Waals surface area (Å²) >= 11 is 0. The fraction of sp³-hybridized carbons (Fsp3) is 0.438. The Kier molecular flexibility index (Phi) is 6.86. The van der Waals surface area contributed by atoms with E-state index in [0.29, 0.717) is 6.54 Å². The molecule has 0 bridgehead atoms. The number of rotatable bonds is 5. The van der Waals surface area contributed by atoms with Crippen LogP contribution in [-0.2, 0) is 5.41 Å². The highest BCUT2D eigenvalue weighted by molar-refractivity contribution is 14.0. The van der Waals surface area contributed by atoms with E-state index in [1.165, 1.54) is 18.4 Å². The molecule has 20 heavy (non-hydrogen) atoms. The lowest BCUT2D eigenvalue weighted by Crippen LogP contribution is -2.38. The van der Waals surface area contributed by atoms with Crippen molar-refractivity contribution in [3.63, 3.8) is 0 Å². The molecule has 0 heterocycles. The van der Waals surface area contributed by atoms with Gasteiger partial charge < -0.3 is 10.6 Å². The molecule has 1 aromatic rings. The number of halogens is 1. The van der Waals surface area contributed by atoms with Gasteiger partial charge in [0.15, 0.2) is 5.96 Å². The maximum absolute atomic E-state index is 5.26. The van der Waals surface area contributed by atoms with E-state index in [9.17, 15) is 0 Å². The summed E-state index contributed by atoms with van der Waals surface area (Å²) in [6, 6.07) is 10.7. The van der Waals surface area contributed by atoms with Gasteiger partial charge in [0.1, 0.15) is 0 Å². The van der Waals surface area contributed by atoms with Gasteiger partial charge in [0.05, 0.1) is 13.1 Å². The Morgan fingerprint density at radius 3 is 2.55 bits per heavy atom. The van der Waals surface area contributed by atoms with Crippen LogP contribution in [0.15, 0.2) is 35.3 Å². The summed E-state index contributed by atoms with van der Waals surface area (Å²) in [4.78, 5) is 4.66. The minimum absolute atomic E-state index is 0. The number of terminal acetylenes is 1. The molecule has 0 aliphatic heterocycles. The van der Waals surface area contributed by atoms with Crippen LogP contribution in [0, 0.1) is 12.3 Å². The first-order chi connectivity index (χ1) is 9.30. The summed E-state index contributed by atoms with van der Waals surface area (Å²) in [5.41, 5.74) is 1.64. The standard InChI is InChI=1S/C16H21N3.HI/c1-3-12-18-15(17-4-2)19-13-16(10-11-16)14-8-6-5-7-9-14;/h1,5-9H,4,10-13H2,2H3,(H2,17,18,19);1H. The SMILES string of the molecule is C#CCNC(=NCC1(c2ccccc2)CC1)NCC.I. The Morgan fingerprint density at radius 1 is 1.30 bits per heavy atom. The maximum Gasteiger partial charge on any atom is 0.192 e. The van der Waals surface area contributed by atoms with Gasteiger partial charge in [-0.2, -0.15) is 0 Å². The summed E-state index contributed by atoms with van der Waals surface area (Å²) < 4.78 is 0. The lowest BCUT2D eigenvalue weighted by molar-refractivity contribution is 0.696. The molecule has 0 unspecified atom stereocenters. The van der Waals surface area contributed by atoms with Crippen LogP contribution in [0.5, 0.6) is 0 Å². The molecular formula is C16H22IN3. The van der Waals surface area contributed by atoms with Crippen molar-refractivity contribution in [1.29, 1.82) is 0 Å². The fourth-order valence-corrected chi connectivity index (χ4v) is 2.19. The van der Waals surface area contributed by atoms with Crippen molar-refractivity contribution < 1.29 is 0 Å². The number of nitrogens with one attached hydrogen (secondary N) is 2. The number of hydrogen-bond acceptors (Lipinski definition) is 1. The molecular weight excluding hydrogens is 361 g/mol. The van der Waals surface area contributed by atoms with Crippen LogP contribution < -0.4 is 10.6 Å². The molecule has 108 valence electrons. The van der Waals surface area contributed by atoms with Crippen molar-refractivity contribution in [2.45, 2.75) is 25.2 Å². The first-order valence-electron chi connectivity index (χ1n) is 6.82. The zero-order valence-corrected chi connectivity index (χ0v) is 14.2. The summed E-state index contributed by atoms with van der Waals surface area (Å²) in [5, 5.41) is 6.34. The third kappa shape index (κ3) is 4.41. The van der Waals surface area contributed by atoms with Crippen LogP contribution in [0.4, 0.5) is 0 Å². The zero-order valence-electron chi connectivity index (χ0n) is 11.9. The molecule has 0 amide bonds. The van der Waals surface area contributed by atoms with Crippen LogP contribution in [0.25, 0.3) is 0 Å². The molecule has 1 aromatic carbocycles. The lowest BCUT2D eigenvalue weighted by Gasteiger charge is -2.15. The van der Waals surface area contributed by atoms with Gasteiger partial charge in [-0.25, -0.2) is 0 Å². The number of hydrogen-bond donors (Lipinski definition) is 2. The van der Waals surface area contributed by atoms with Crippen LogP contribution in [0.3, 0.4) is 0 Å². The van der Waals surface area contributed by atoms with Gasteiger partial charge in [0.2, 0.25) is 0 Å². The highest BCUT2D eigenvalue weighted by Crippen LogP contribution is 2.48. The molecule has 1 fully saturated rings. The molecule has 4 heteroatoms. The van der Waals surface area contributed by atoms with Crippen LogP contribution >= 0.6 is 24.0 Å². The monoisotopic (exact) mass is 383 g/mol. The Bertz CT molecular complexity index is 472. The second-order valence-electron chi connectivity index (χ2n) is 4.90. The van der Waals surface area contributed by atoms with Crippen molar-refractivity contribution in [2.24, 2.45) is 4.99 Å². The highest BCUT2D eigenvalue weighted by Gasteiger charge is 2.43. The van der Waals surface area contributed by atoms with E-state index >= 15 is 0 Å².